The zero-order valence-corrected chi connectivity index (χ0v) is 11.4. The minimum absolute atomic E-state index is 0.257. The van der Waals surface area contributed by atoms with Crippen LogP contribution in [0.25, 0.3) is 11.3 Å². The van der Waals surface area contributed by atoms with E-state index in [-0.39, 0.29) is 6.04 Å². The average Bonchev–Trinajstić information content (AvgIpc) is 2.81. The number of aryl methyl sites for hydroxylation is 1. The first-order valence-corrected chi connectivity index (χ1v) is 6.63. The van der Waals surface area contributed by atoms with Crippen LogP contribution in [0.3, 0.4) is 0 Å². The molecule has 1 aliphatic rings. The van der Waals surface area contributed by atoms with Gasteiger partial charge < -0.3 is 15.0 Å². The van der Waals surface area contributed by atoms with Crippen LogP contribution in [0.5, 0.6) is 5.75 Å². The third kappa shape index (κ3) is 2.12. The van der Waals surface area contributed by atoms with Crippen molar-refractivity contribution in [2.75, 3.05) is 7.11 Å². The molecular weight excluding hydrogens is 238 g/mol. The van der Waals surface area contributed by atoms with Crippen LogP contribution >= 0.6 is 0 Å². The van der Waals surface area contributed by atoms with Crippen molar-refractivity contribution < 1.29 is 4.74 Å². The van der Waals surface area contributed by atoms with Crippen molar-refractivity contribution in [3.05, 3.63) is 35.8 Å². The molecule has 0 aliphatic carbocycles. The lowest BCUT2D eigenvalue weighted by Crippen LogP contribution is -2.31. The number of fused-ring (bicyclic) bond motifs is 1. The maximum Gasteiger partial charge on any atom is 0.121 e. The molecule has 0 saturated heterocycles. The van der Waals surface area contributed by atoms with Crippen LogP contribution in [0.4, 0.5) is 0 Å². The largest absolute Gasteiger partial charge is 0.496 e. The number of hydrogen-bond acceptors (Lipinski definition) is 3. The van der Waals surface area contributed by atoms with Gasteiger partial charge in [0, 0.05) is 23.8 Å². The Morgan fingerprint density at radius 3 is 3.00 bits per heavy atom. The van der Waals surface area contributed by atoms with Crippen LogP contribution in [-0.4, -0.2) is 22.7 Å². The van der Waals surface area contributed by atoms with E-state index in [1.165, 1.54) is 5.69 Å². The van der Waals surface area contributed by atoms with Gasteiger partial charge in [-0.15, -0.1) is 0 Å². The Morgan fingerprint density at radius 1 is 1.42 bits per heavy atom. The number of aromatic nitrogens is 2. The Morgan fingerprint density at radius 2 is 2.26 bits per heavy atom. The quantitative estimate of drug-likeness (QED) is 0.896. The second kappa shape index (κ2) is 4.70. The third-order valence-electron chi connectivity index (χ3n) is 3.80. The molecule has 1 aliphatic heterocycles. The standard InChI is InChI=1S/C15H19N3O/c1-10-7-11(3-6-14(10)19-2)15-13-5-4-12(16)8-18(13)9-17-15/h3,6-7,9,12H,4-5,8,16H2,1-2H3. The molecule has 0 radical (unpaired) electrons. The van der Waals surface area contributed by atoms with Crippen molar-refractivity contribution in [1.82, 2.24) is 9.55 Å². The molecule has 1 aromatic heterocycles. The number of benzene rings is 1. The minimum Gasteiger partial charge on any atom is -0.496 e. The summed E-state index contributed by atoms with van der Waals surface area (Å²) in [5, 5.41) is 0. The summed E-state index contributed by atoms with van der Waals surface area (Å²) in [6, 6.07) is 6.47. The second-order valence-corrected chi connectivity index (χ2v) is 5.18. The van der Waals surface area contributed by atoms with Crippen molar-refractivity contribution in [3.8, 4) is 17.0 Å². The summed E-state index contributed by atoms with van der Waals surface area (Å²) in [4.78, 5) is 4.57. The summed E-state index contributed by atoms with van der Waals surface area (Å²) in [5.74, 6) is 0.916. The van der Waals surface area contributed by atoms with E-state index in [0.717, 1.165) is 42.0 Å². The molecule has 2 heterocycles. The highest BCUT2D eigenvalue weighted by molar-refractivity contribution is 5.64. The van der Waals surface area contributed by atoms with E-state index < -0.39 is 0 Å². The molecule has 0 spiro atoms. The molecule has 2 N–H and O–H groups in total. The molecule has 0 fully saturated rings. The predicted octanol–water partition coefficient (Wildman–Crippen LogP) is 2.14. The van der Waals surface area contributed by atoms with Gasteiger partial charge in [-0.05, 0) is 43.5 Å². The van der Waals surface area contributed by atoms with Gasteiger partial charge in [-0.1, -0.05) is 0 Å². The predicted molar refractivity (Wildman–Crippen MR) is 75.2 cm³/mol. The lowest BCUT2D eigenvalue weighted by molar-refractivity contribution is 0.412. The van der Waals surface area contributed by atoms with Crippen molar-refractivity contribution in [2.45, 2.75) is 32.4 Å². The fraction of sp³-hybridized carbons (Fsp3) is 0.400. The van der Waals surface area contributed by atoms with Crippen LogP contribution in [0.2, 0.25) is 0 Å². The summed E-state index contributed by atoms with van der Waals surface area (Å²) in [6.07, 6.45) is 3.94. The van der Waals surface area contributed by atoms with E-state index in [9.17, 15) is 0 Å². The molecule has 2 aromatic rings. The van der Waals surface area contributed by atoms with Crippen molar-refractivity contribution in [1.29, 1.82) is 0 Å². The van der Waals surface area contributed by atoms with Gasteiger partial charge >= 0.3 is 0 Å². The van der Waals surface area contributed by atoms with Crippen molar-refractivity contribution in [2.24, 2.45) is 5.73 Å². The SMILES string of the molecule is COc1ccc(-c2ncn3c2CCC(N)C3)cc1C. The van der Waals surface area contributed by atoms with E-state index in [0.29, 0.717) is 0 Å². The Hall–Kier alpha value is -1.81. The van der Waals surface area contributed by atoms with Gasteiger partial charge in [0.05, 0.1) is 19.1 Å². The molecule has 3 rings (SSSR count). The van der Waals surface area contributed by atoms with Gasteiger partial charge in [0.25, 0.3) is 0 Å². The maximum atomic E-state index is 5.99. The first-order chi connectivity index (χ1) is 9.19. The van der Waals surface area contributed by atoms with Gasteiger partial charge in [-0.25, -0.2) is 4.98 Å². The first-order valence-electron chi connectivity index (χ1n) is 6.63. The molecule has 19 heavy (non-hydrogen) atoms. The topological polar surface area (TPSA) is 53.1 Å². The fourth-order valence-corrected chi connectivity index (χ4v) is 2.76. The number of nitrogens with two attached hydrogens (primary N) is 1. The number of imidazole rings is 1. The van der Waals surface area contributed by atoms with Crippen LogP contribution in [-0.2, 0) is 13.0 Å². The van der Waals surface area contributed by atoms with E-state index >= 15 is 0 Å². The monoisotopic (exact) mass is 257 g/mol. The Balaban J connectivity index is 2.01. The highest BCUT2D eigenvalue weighted by Crippen LogP contribution is 2.29. The Labute approximate surface area is 113 Å². The number of ether oxygens (including phenoxy) is 1. The molecular formula is C15H19N3O. The lowest BCUT2D eigenvalue weighted by Gasteiger charge is -2.21. The number of methoxy groups -OCH3 is 1. The highest BCUT2D eigenvalue weighted by atomic mass is 16.5. The van der Waals surface area contributed by atoms with E-state index in [1.54, 1.807) is 7.11 Å². The molecule has 0 saturated carbocycles. The van der Waals surface area contributed by atoms with E-state index in [2.05, 4.69) is 28.6 Å². The molecule has 100 valence electrons. The zero-order valence-electron chi connectivity index (χ0n) is 11.4. The smallest absolute Gasteiger partial charge is 0.121 e. The summed E-state index contributed by atoms with van der Waals surface area (Å²) in [7, 11) is 1.70. The first kappa shape index (κ1) is 12.2. The van der Waals surface area contributed by atoms with Crippen LogP contribution in [0, 0.1) is 6.92 Å². The second-order valence-electron chi connectivity index (χ2n) is 5.18. The maximum absolute atomic E-state index is 5.99. The van der Waals surface area contributed by atoms with Crippen molar-refractivity contribution in [3.63, 3.8) is 0 Å². The summed E-state index contributed by atoms with van der Waals surface area (Å²) >= 11 is 0. The van der Waals surface area contributed by atoms with Crippen LogP contribution < -0.4 is 10.5 Å². The molecule has 4 nitrogen and oxygen atoms in total. The van der Waals surface area contributed by atoms with Crippen LogP contribution in [0.1, 0.15) is 17.7 Å². The Kier molecular flexibility index (Phi) is 3.03. The van der Waals surface area contributed by atoms with E-state index in [1.807, 2.05) is 12.4 Å². The van der Waals surface area contributed by atoms with Crippen molar-refractivity contribution >= 4 is 0 Å². The van der Waals surface area contributed by atoms with Crippen LogP contribution in [0.15, 0.2) is 24.5 Å². The molecule has 0 amide bonds. The highest BCUT2D eigenvalue weighted by Gasteiger charge is 2.20. The Bertz CT molecular complexity index is 603. The molecule has 1 atom stereocenters. The summed E-state index contributed by atoms with van der Waals surface area (Å²) < 4.78 is 7.49. The van der Waals surface area contributed by atoms with Gasteiger partial charge in [0.15, 0.2) is 0 Å². The normalized spacial score (nSPS) is 18.2. The molecule has 4 heteroatoms. The fourth-order valence-electron chi connectivity index (χ4n) is 2.76. The minimum atomic E-state index is 0.257. The number of nitrogens with zero attached hydrogens (tertiary/aromatic N) is 2. The van der Waals surface area contributed by atoms with Gasteiger partial charge in [-0.3, -0.25) is 0 Å². The molecule has 1 aromatic carbocycles. The zero-order chi connectivity index (χ0) is 13.4. The number of hydrogen-bond donors (Lipinski definition) is 1. The average molecular weight is 257 g/mol. The lowest BCUT2D eigenvalue weighted by atomic mass is 10.0. The number of rotatable bonds is 2. The van der Waals surface area contributed by atoms with Gasteiger partial charge in [-0.2, -0.15) is 0 Å². The van der Waals surface area contributed by atoms with Gasteiger partial charge in [0.1, 0.15) is 5.75 Å². The van der Waals surface area contributed by atoms with Gasteiger partial charge in [0.2, 0.25) is 0 Å². The third-order valence-corrected chi connectivity index (χ3v) is 3.80. The summed E-state index contributed by atoms with van der Waals surface area (Å²) in [5.41, 5.74) is 10.7. The summed E-state index contributed by atoms with van der Waals surface area (Å²) in [6.45, 7) is 2.93. The molecule has 0 bridgehead atoms. The van der Waals surface area contributed by atoms with E-state index in [4.69, 9.17) is 10.5 Å². The molecule has 1 unspecified atom stereocenters.